The summed E-state index contributed by atoms with van der Waals surface area (Å²) >= 11 is 0. The predicted molar refractivity (Wildman–Crippen MR) is 97.6 cm³/mol. The molecular weight excluding hydrogens is 380 g/mol. The number of anilines is 3. The number of aromatic nitrogens is 1. The number of sulfonamides is 1. The summed E-state index contributed by atoms with van der Waals surface area (Å²) < 4.78 is 55.7. The van der Waals surface area contributed by atoms with Gasteiger partial charge in [-0.25, -0.2) is 17.2 Å². The Morgan fingerprint density at radius 1 is 1.26 bits per heavy atom. The number of hydrogen-bond acceptors (Lipinski definition) is 5. The van der Waals surface area contributed by atoms with Crippen molar-refractivity contribution in [2.45, 2.75) is 18.6 Å². The van der Waals surface area contributed by atoms with Gasteiger partial charge in [-0.15, -0.1) is 0 Å². The lowest BCUT2D eigenvalue weighted by Crippen LogP contribution is -2.26. The van der Waals surface area contributed by atoms with Gasteiger partial charge in [0.05, 0.1) is 16.6 Å². The van der Waals surface area contributed by atoms with E-state index >= 15 is 0 Å². The monoisotopic (exact) mass is 399 g/mol. The maximum Gasteiger partial charge on any atom is 0.254 e. The number of nitrogens with one attached hydrogen (secondary N) is 2. The quantitative estimate of drug-likeness (QED) is 0.688. The minimum absolute atomic E-state index is 0.0147. The summed E-state index contributed by atoms with van der Waals surface area (Å²) in [6, 6.07) is 4.21. The van der Waals surface area contributed by atoms with Gasteiger partial charge in [0, 0.05) is 31.2 Å². The molecule has 2 aromatic rings. The lowest BCUT2D eigenvalue weighted by atomic mass is 10.2. The summed E-state index contributed by atoms with van der Waals surface area (Å²) in [4.78, 5) is 12.2. The molecule has 1 saturated carbocycles. The Hall–Kier alpha value is -2.46. The molecule has 1 heterocycles. The number of benzene rings is 1. The van der Waals surface area contributed by atoms with Gasteiger partial charge in [-0.1, -0.05) is 0 Å². The van der Waals surface area contributed by atoms with Crippen LogP contribution in [0.15, 0.2) is 29.1 Å². The number of hydrogen-bond donors (Lipinski definition) is 3. The highest BCUT2D eigenvalue weighted by Gasteiger charge is 2.47. The topological polar surface area (TPSA) is 100 Å². The Bertz CT molecular complexity index is 1050. The summed E-state index contributed by atoms with van der Waals surface area (Å²) in [5.74, 6) is -1.97. The predicted octanol–water partition coefficient (Wildman–Crippen LogP) is 1.84. The largest absolute Gasteiger partial charge is 0.396 e. The van der Waals surface area contributed by atoms with Gasteiger partial charge >= 0.3 is 0 Å². The molecule has 10 heteroatoms. The molecule has 3 rings (SSSR count). The molecule has 2 atom stereocenters. The zero-order valence-electron chi connectivity index (χ0n) is 14.7. The van der Waals surface area contributed by atoms with Gasteiger partial charge in [0.1, 0.15) is 17.5 Å². The van der Waals surface area contributed by atoms with Gasteiger partial charge in [0.2, 0.25) is 10.0 Å². The first kappa shape index (κ1) is 19.3. The van der Waals surface area contributed by atoms with Crippen LogP contribution in [0.25, 0.3) is 0 Å². The van der Waals surface area contributed by atoms with Crippen LogP contribution in [0.2, 0.25) is 0 Å². The van der Waals surface area contributed by atoms with Crippen LogP contribution in [0.4, 0.5) is 26.0 Å². The number of aryl methyl sites for hydroxylation is 1. The third kappa shape index (κ3) is 3.81. The van der Waals surface area contributed by atoms with Crippen LogP contribution in [0.3, 0.4) is 0 Å². The van der Waals surface area contributed by atoms with E-state index in [1.807, 2.05) is 0 Å². The van der Waals surface area contributed by atoms with Crippen molar-refractivity contribution in [1.29, 1.82) is 0 Å². The van der Waals surface area contributed by atoms with Crippen LogP contribution in [0.5, 0.6) is 0 Å². The zero-order chi connectivity index (χ0) is 19.9. The number of aliphatic hydroxyl groups excluding tert-OH is 1. The maximum atomic E-state index is 14.0. The van der Waals surface area contributed by atoms with E-state index < -0.39 is 32.5 Å². The lowest BCUT2D eigenvalue weighted by molar-refractivity contribution is 0.277. The first-order valence-corrected chi connectivity index (χ1v) is 9.74. The smallest absolute Gasteiger partial charge is 0.254 e. The number of pyridine rings is 1. The molecule has 1 aromatic carbocycles. The van der Waals surface area contributed by atoms with E-state index in [2.05, 4.69) is 10.0 Å². The van der Waals surface area contributed by atoms with Gasteiger partial charge in [0.15, 0.2) is 0 Å². The second-order valence-electron chi connectivity index (χ2n) is 6.57. The molecule has 0 aliphatic heterocycles. The van der Waals surface area contributed by atoms with Crippen LogP contribution >= 0.6 is 0 Å². The van der Waals surface area contributed by atoms with E-state index in [4.69, 9.17) is 5.11 Å². The highest BCUT2D eigenvalue weighted by atomic mass is 32.2. The third-order valence-corrected chi connectivity index (χ3v) is 6.40. The fourth-order valence-corrected chi connectivity index (χ4v) is 4.57. The molecule has 1 fully saturated rings. The Kier molecular flexibility index (Phi) is 4.96. The van der Waals surface area contributed by atoms with Crippen molar-refractivity contribution in [2.75, 3.05) is 16.6 Å². The van der Waals surface area contributed by atoms with Gasteiger partial charge < -0.3 is 10.4 Å². The number of aliphatic hydroxyl groups is 1. The Morgan fingerprint density at radius 3 is 2.56 bits per heavy atom. The van der Waals surface area contributed by atoms with Crippen LogP contribution in [0, 0.1) is 24.5 Å². The third-order valence-electron chi connectivity index (χ3n) is 4.52. The molecule has 3 N–H and O–H groups in total. The van der Waals surface area contributed by atoms with Crippen molar-refractivity contribution in [1.82, 2.24) is 4.57 Å². The molecular formula is C17H19F2N3O4S. The number of nitrogens with zero attached hydrogens (tertiary/aromatic N) is 1. The van der Waals surface area contributed by atoms with Gasteiger partial charge in [0.25, 0.3) is 5.56 Å². The van der Waals surface area contributed by atoms with E-state index in [-0.39, 0.29) is 35.3 Å². The molecule has 1 aromatic heterocycles. The Morgan fingerprint density at radius 2 is 1.96 bits per heavy atom. The molecule has 1 aliphatic rings. The van der Waals surface area contributed by atoms with Crippen LogP contribution < -0.4 is 15.6 Å². The highest BCUT2D eigenvalue weighted by Crippen LogP contribution is 2.38. The average molecular weight is 399 g/mol. The lowest BCUT2D eigenvalue weighted by Gasteiger charge is -2.18. The average Bonchev–Trinajstić information content (AvgIpc) is 3.39. The van der Waals surface area contributed by atoms with Crippen LogP contribution in [0.1, 0.15) is 12.0 Å². The molecule has 0 bridgehead atoms. The van der Waals surface area contributed by atoms with Crippen LogP contribution in [-0.2, 0) is 17.1 Å². The van der Waals surface area contributed by atoms with Crippen molar-refractivity contribution in [3.05, 3.63) is 51.8 Å². The van der Waals surface area contributed by atoms with Crippen molar-refractivity contribution in [3.63, 3.8) is 0 Å². The molecule has 146 valence electrons. The summed E-state index contributed by atoms with van der Waals surface area (Å²) in [5.41, 5.74) is -0.172. The Labute approximate surface area is 154 Å². The van der Waals surface area contributed by atoms with E-state index in [1.54, 1.807) is 0 Å². The van der Waals surface area contributed by atoms with E-state index in [1.165, 1.54) is 20.0 Å². The first-order chi connectivity index (χ1) is 12.6. The highest BCUT2D eigenvalue weighted by molar-refractivity contribution is 7.93. The first-order valence-electron chi connectivity index (χ1n) is 8.19. The van der Waals surface area contributed by atoms with Crippen molar-refractivity contribution < 1.29 is 22.3 Å². The summed E-state index contributed by atoms with van der Waals surface area (Å²) in [7, 11) is -2.39. The molecule has 27 heavy (non-hydrogen) atoms. The molecule has 0 amide bonds. The standard InChI is InChI=1S/C17H19F2N3O4S/c1-9-5-14(21-27(25,26)15-6-10(15)8-23)16(22(2)17(9)24)20-13-4-3-11(18)7-12(13)19/h3-5,7,10,15,20-21,23H,6,8H2,1-2H3. The van der Waals surface area contributed by atoms with Crippen molar-refractivity contribution >= 4 is 27.2 Å². The van der Waals surface area contributed by atoms with Gasteiger partial charge in [-0.05, 0) is 31.5 Å². The minimum Gasteiger partial charge on any atom is -0.396 e. The molecule has 0 spiro atoms. The summed E-state index contributed by atoms with van der Waals surface area (Å²) in [5, 5.41) is 11.0. The summed E-state index contributed by atoms with van der Waals surface area (Å²) in [6.45, 7) is 1.29. The fraction of sp³-hybridized carbons (Fsp3) is 0.353. The normalized spacial score (nSPS) is 19.0. The summed E-state index contributed by atoms with van der Waals surface area (Å²) in [6.07, 6.45) is 0.339. The van der Waals surface area contributed by atoms with Gasteiger partial charge in [-0.2, -0.15) is 0 Å². The number of halogens is 2. The molecule has 7 nitrogen and oxygen atoms in total. The molecule has 0 saturated heterocycles. The van der Waals surface area contributed by atoms with Crippen molar-refractivity contribution in [2.24, 2.45) is 13.0 Å². The van der Waals surface area contributed by atoms with E-state index in [0.29, 0.717) is 12.5 Å². The molecule has 0 radical (unpaired) electrons. The van der Waals surface area contributed by atoms with Crippen molar-refractivity contribution in [3.8, 4) is 0 Å². The molecule has 1 aliphatic carbocycles. The minimum atomic E-state index is -3.80. The SMILES string of the molecule is Cc1cc(NS(=O)(=O)C2CC2CO)c(Nc2ccc(F)cc2F)n(C)c1=O. The maximum absolute atomic E-state index is 14.0. The van der Waals surface area contributed by atoms with Crippen LogP contribution in [-0.4, -0.2) is 29.9 Å². The number of rotatable bonds is 6. The second-order valence-corrected chi connectivity index (χ2v) is 8.47. The fourth-order valence-electron chi connectivity index (χ4n) is 2.86. The van der Waals surface area contributed by atoms with E-state index in [0.717, 1.165) is 16.7 Å². The Balaban J connectivity index is 2.02. The molecule has 2 unspecified atom stereocenters. The van der Waals surface area contributed by atoms with E-state index in [9.17, 15) is 22.0 Å². The second kappa shape index (κ2) is 6.93. The van der Waals surface area contributed by atoms with Gasteiger partial charge in [-0.3, -0.25) is 14.1 Å². The zero-order valence-corrected chi connectivity index (χ0v) is 15.5.